The Hall–Kier alpha value is -2.18. The Morgan fingerprint density at radius 3 is 2.43 bits per heavy atom. The number of carbonyl (C=O) groups excluding carboxylic acids is 1. The first kappa shape index (κ1) is 27.8. The molecule has 0 bridgehead atoms. The molecule has 2 heterocycles. The van der Waals surface area contributed by atoms with Gasteiger partial charge in [-0.2, -0.15) is 4.31 Å². The minimum atomic E-state index is -3.83. The molecule has 1 amide bonds. The zero-order valence-electron chi connectivity index (χ0n) is 21.8. The number of allylic oxidation sites excluding steroid dienone is 1. The van der Waals surface area contributed by atoms with E-state index in [2.05, 4.69) is 4.90 Å². The minimum Gasteiger partial charge on any atom is -0.497 e. The van der Waals surface area contributed by atoms with Crippen LogP contribution >= 0.6 is 0 Å². The molecule has 1 N–H and O–H groups in total. The minimum absolute atomic E-state index is 0.0499. The molecule has 11 heteroatoms. The predicted molar refractivity (Wildman–Crippen MR) is 137 cm³/mol. The van der Waals surface area contributed by atoms with Gasteiger partial charge in [-0.25, -0.2) is 8.42 Å². The topological polar surface area (TPSA) is 109 Å². The van der Waals surface area contributed by atoms with Crippen molar-refractivity contribution in [2.24, 2.45) is 11.8 Å². The summed E-state index contributed by atoms with van der Waals surface area (Å²) in [5, 5.41) is 9.50. The van der Waals surface area contributed by atoms with E-state index in [1.807, 2.05) is 18.0 Å². The van der Waals surface area contributed by atoms with Crippen molar-refractivity contribution in [1.29, 1.82) is 0 Å². The van der Waals surface area contributed by atoms with E-state index in [1.54, 1.807) is 12.1 Å². The van der Waals surface area contributed by atoms with Crippen LogP contribution in [-0.2, 0) is 24.3 Å². The van der Waals surface area contributed by atoms with Crippen molar-refractivity contribution >= 4 is 15.9 Å². The fourth-order valence-corrected chi connectivity index (χ4v) is 6.36. The molecule has 2 fully saturated rings. The van der Waals surface area contributed by atoms with Crippen LogP contribution in [0.5, 0.6) is 5.75 Å². The molecule has 4 rings (SSSR count). The molecule has 1 saturated carbocycles. The molecule has 1 saturated heterocycles. The third-order valence-corrected chi connectivity index (χ3v) is 9.45. The molecule has 206 valence electrons. The van der Waals surface area contributed by atoms with Crippen LogP contribution in [0.1, 0.15) is 25.7 Å². The number of aliphatic hydroxyl groups excluding tert-OH is 1. The molecule has 3 aliphatic rings. The number of amides is 1. The van der Waals surface area contributed by atoms with Gasteiger partial charge in [-0.3, -0.25) is 4.79 Å². The van der Waals surface area contributed by atoms with Gasteiger partial charge in [-0.1, -0.05) is 6.42 Å². The van der Waals surface area contributed by atoms with Crippen molar-refractivity contribution in [1.82, 2.24) is 14.1 Å². The lowest BCUT2D eigenvalue weighted by Crippen LogP contribution is -2.48. The molecular formula is C26H39N3O7S. The Bertz CT molecular complexity index is 1030. The monoisotopic (exact) mass is 537 g/mol. The largest absolute Gasteiger partial charge is 0.497 e. The molecular weight excluding hydrogens is 498 g/mol. The van der Waals surface area contributed by atoms with E-state index in [-0.39, 0.29) is 43.0 Å². The molecule has 2 aliphatic heterocycles. The Morgan fingerprint density at radius 2 is 1.84 bits per heavy atom. The predicted octanol–water partition coefficient (Wildman–Crippen LogP) is 1.52. The van der Waals surface area contributed by atoms with Crippen LogP contribution in [0, 0.1) is 11.8 Å². The summed E-state index contributed by atoms with van der Waals surface area (Å²) in [6, 6.07) is 6.13. The van der Waals surface area contributed by atoms with E-state index in [0.717, 1.165) is 25.9 Å². The third-order valence-electron chi connectivity index (χ3n) is 7.54. The average Bonchev–Trinajstić information content (AvgIpc) is 2.87. The van der Waals surface area contributed by atoms with E-state index in [0.29, 0.717) is 36.9 Å². The number of carbonyl (C=O) groups is 1. The number of ether oxygens (including phenoxy) is 3. The summed E-state index contributed by atoms with van der Waals surface area (Å²) in [6.45, 7) is 2.74. The van der Waals surface area contributed by atoms with Crippen LogP contribution in [0.15, 0.2) is 41.0 Å². The highest BCUT2D eigenvalue weighted by Gasteiger charge is 2.36. The van der Waals surface area contributed by atoms with E-state index in [1.165, 1.54) is 30.0 Å². The summed E-state index contributed by atoms with van der Waals surface area (Å²) < 4.78 is 44.7. The van der Waals surface area contributed by atoms with Gasteiger partial charge in [0.15, 0.2) is 5.76 Å². The molecule has 1 aliphatic carbocycles. The molecule has 0 radical (unpaired) electrons. The Balaban J connectivity index is 1.39. The highest BCUT2D eigenvalue weighted by Crippen LogP contribution is 2.40. The van der Waals surface area contributed by atoms with E-state index >= 15 is 0 Å². The number of rotatable bonds is 11. The van der Waals surface area contributed by atoms with Gasteiger partial charge < -0.3 is 29.1 Å². The normalized spacial score (nSPS) is 23.4. The Labute approximate surface area is 219 Å². The highest BCUT2D eigenvalue weighted by molar-refractivity contribution is 7.89. The first-order valence-corrected chi connectivity index (χ1v) is 14.5. The van der Waals surface area contributed by atoms with Gasteiger partial charge in [0.1, 0.15) is 5.75 Å². The van der Waals surface area contributed by atoms with Crippen molar-refractivity contribution in [2.75, 3.05) is 66.6 Å². The maximum Gasteiger partial charge on any atom is 0.288 e. The zero-order valence-corrected chi connectivity index (χ0v) is 22.6. The van der Waals surface area contributed by atoms with Gasteiger partial charge >= 0.3 is 0 Å². The van der Waals surface area contributed by atoms with Gasteiger partial charge in [-0.15, -0.1) is 0 Å². The number of likely N-dealkylation sites (N-methyl/N-ethyl adjacent to an activating group) is 1. The summed E-state index contributed by atoms with van der Waals surface area (Å²) in [5.74, 6) is 1.52. The van der Waals surface area contributed by atoms with E-state index in [4.69, 9.17) is 14.2 Å². The summed E-state index contributed by atoms with van der Waals surface area (Å²) in [4.78, 5) is 17.4. The molecule has 1 aromatic rings. The fraction of sp³-hybridized carbons (Fsp3) is 0.654. The first-order chi connectivity index (χ1) is 17.8. The average molecular weight is 538 g/mol. The van der Waals surface area contributed by atoms with Crippen molar-refractivity contribution in [3.05, 3.63) is 36.1 Å². The quantitative estimate of drug-likeness (QED) is 0.453. The number of sulfonamides is 1. The molecule has 2 atom stereocenters. The standard InChI is InChI=1S/C26H39N3O7S/c1-27-10-12-28(13-11-27)26(31)24-18-21(20-4-3-5-20)19-25(36-24)35-17-15-29(14-16-30)37(32,33)23-8-6-22(34-2)7-9-23/h6-9,18,20-21,25,30H,3-5,10-17,19H2,1-2H3/t21-,25+/m0/s1. The number of hydrogen-bond acceptors (Lipinski definition) is 8. The van der Waals surface area contributed by atoms with E-state index in [9.17, 15) is 18.3 Å². The lowest BCUT2D eigenvalue weighted by Gasteiger charge is -2.39. The second-order valence-corrected chi connectivity index (χ2v) is 11.9. The summed E-state index contributed by atoms with van der Waals surface area (Å²) in [7, 11) is -0.272. The van der Waals surface area contributed by atoms with Crippen LogP contribution in [0.4, 0.5) is 0 Å². The molecule has 0 unspecified atom stereocenters. The molecule has 0 spiro atoms. The number of nitrogens with zero attached hydrogens (tertiary/aromatic N) is 3. The van der Waals surface area contributed by atoms with Crippen LogP contribution in [-0.4, -0.2) is 106 Å². The summed E-state index contributed by atoms with van der Waals surface area (Å²) in [5.41, 5.74) is 0. The van der Waals surface area contributed by atoms with Crippen LogP contribution < -0.4 is 4.74 Å². The molecule has 1 aromatic carbocycles. The second-order valence-electron chi connectivity index (χ2n) is 9.94. The zero-order chi connectivity index (χ0) is 26.4. The van der Waals surface area contributed by atoms with Gasteiger partial charge in [0.05, 0.1) is 25.2 Å². The van der Waals surface area contributed by atoms with Gasteiger partial charge in [0.2, 0.25) is 16.3 Å². The maximum atomic E-state index is 13.2. The SMILES string of the molecule is COc1ccc(S(=O)(=O)N(CCO)CCO[C@H]2C[C@@H](C3CCC3)C=C(C(=O)N3CCN(C)CC3)O2)cc1. The molecule has 37 heavy (non-hydrogen) atoms. The fourth-order valence-electron chi connectivity index (χ4n) is 4.95. The van der Waals surface area contributed by atoms with Crippen LogP contribution in [0.3, 0.4) is 0 Å². The summed E-state index contributed by atoms with van der Waals surface area (Å²) in [6.07, 6.45) is 5.46. The lowest BCUT2D eigenvalue weighted by molar-refractivity contribution is -0.158. The number of benzene rings is 1. The van der Waals surface area contributed by atoms with Crippen LogP contribution in [0.25, 0.3) is 0 Å². The van der Waals surface area contributed by atoms with Crippen molar-refractivity contribution in [2.45, 2.75) is 36.9 Å². The lowest BCUT2D eigenvalue weighted by atomic mass is 9.73. The number of piperazine rings is 1. The van der Waals surface area contributed by atoms with Gasteiger partial charge in [0, 0.05) is 45.7 Å². The van der Waals surface area contributed by atoms with E-state index < -0.39 is 16.3 Å². The molecule has 10 nitrogen and oxygen atoms in total. The first-order valence-electron chi connectivity index (χ1n) is 13.0. The Kier molecular flexibility index (Phi) is 9.46. The van der Waals surface area contributed by atoms with Crippen molar-refractivity contribution < 1.29 is 32.5 Å². The highest BCUT2D eigenvalue weighted by atomic mass is 32.2. The molecule has 0 aromatic heterocycles. The van der Waals surface area contributed by atoms with Crippen molar-refractivity contribution in [3.63, 3.8) is 0 Å². The van der Waals surface area contributed by atoms with Gasteiger partial charge in [-0.05, 0) is 62.1 Å². The summed E-state index contributed by atoms with van der Waals surface area (Å²) >= 11 is 0. The Morgan fingerprint density at radius 1 is 1.14 bits per heavy atom. The van der Waals surface area contributed by atoms with Crippen LogP contribution in [0.2, 0.25) is 0 Å². The number of hydrogen-bond donors (Lipinski definition) is 1. The number of methoxy groups -OCH3 is 1. The smallest absolute Gasteiger partial charge is 0.288 e. The maximum absolute atomic E-state index is 13.2. The van der Waals surface area contributed by atoms with Crippen molar-refractivity contribution in [3.8, 4) is 5.75 Å². The third kappa shape index (κ3) is 6.83. The van der Waals surface area contributed by atoms with Gasteiger partial charge in [0.25, 0.3) is 5.91 Å². The second kappa shape index (κ2) is 12.6. The number of aliphatic hydroxyl groups is 1.